The molecule has 0 atom stereocenters. The van der Waals surface area contributed by atoms with Gasteiger partial charge >= 0.3 is 6.09 Å². The van der Waals surface area contributed by atoms with Crippen LogP contribution in [-0.4, -0.2) is 39.2 Å². The fourth-order valence-corrected chi connectivity index (χ4v) is 1.45. The second-order valence-corrected chi connectivity index (χ2v) is 3.58. The SMILES string of the molecule is CCOC(=O)Nc1ccccc1C(=O)Nc1nn[nH]n1. The minimum absolute atomic E-state index is 0.0425. The molecule has 104 valence electrons. The van der Waals surface area contributed by atoms with E-state index >= 15 is 0 Å². The minimum atomic E-state index is -0.632. The molecule has 0 aliphatic heterocycles. The van der Waals surface area contributed by atoms with Crippen molar-refractivity contribution in [2.24, 2.45) is 0 Å². The third kappa shape index (κ3) is 3.28. The van der Waals surface area contributed by atoms with E-state index in [0.717, 1.165) is 0 Å². The molecule has 0 aliphatic carbocycles. The maximum absolute atomic E-state index is 12.0. The molecule has 0 radical (unpaired) electrons. The Balaban J connectivity index is 2.14. The number of ether oxygens (including phenoxy) is 1. The second kappa shape index (κ2) is 6.27. The number of hydrogen-bond acceptors (Lipinski definition) is 6. The number of para-hydroxylation sites is 1. The highest BCUT2D eigenvalue weighted by Gasteiger charge is 2.14. The Morgan fingerprint density at radius 2 is 2.10 bits per heavy atom. The molecule has 2 amide bonds. The van der Waals surface area contributed by atoms with Gasteiger partial charge in [-0.1, -0.05) is 17.2 Å². The van der Waals surface area contributed by atoms with Gasteiger partial charge in [-0.25, -0.2) is 4.79 Å². The summed E-state index contributed by atoms with van der Waals surface area (Å²) in [5.41, 5.74) is 0.581. The molecular formula is C11H12N6O3. The number of carbonyl (C=O) groups excluding carboxylic acids is 2. The average molecular weight is 276 g/mol. The van der Waals surface area contributed by atoms with E-state index in [4.69, 9.17) is 4.74 Å². The molecule has 1 aromatic carbocycles. The topological polar surface area (TPSA) is 122 Å². The number of nitrogens with zero attached hydrogens (tertiary/aromatic N) is 3. The average Bonchev–Trinajstić information content (AvgIpc) is 2.92. The van der Waals surface area contributed by atoms with Gasteiger partial charge in [0.25, 0.3) is 11.9 Å². The predicted molar refractivity (Wildman–Crippen MR) is 69.2 cm³/mol. The van der Waals surface area contributed by atoms with Gasteiger partial charge in [0.15, 0.2) is 0 Å². The Morgan fingerprint density at radius 1 is 1.30 bits per heavy atom. The van der Waals surface area contributed by atoms with Crippen LogP contribution in [0, 0.1) is 0 Å². The van der Waals surface area contributed by atoms with E-state index in [2.05, 4.69) is 31.3 Å². The number of anilines is 2. The summed E-state index contributed by atoms with van der Waals surface area (Å²) in [7, 11) is 0. The van der Waals surface area contributed by atoms with Crippen molar-refractivity contribution in [2.75, 3.05) is 17.2 Å². The highest BCUT2D eigenvalue weighted by atomic mass is 16.5. The smallest absolute Gasteiger partial charge is 0.411 e. The van der Waals surface area contributed by atoms with E-state index in [0.29, 0.717) is 5.69 Å². The lowest BCUT2D eigenvalue weighted by Gasteiger charge is -2.09. The molecule has 0 aliphatic rings. The van der Waals surface area contributed by atoms with Crippen LogP contribution in [0.25, 0.3) is 0 Å². The van der Waals surface area contributed by atoms with Crippen molar-refractivity contribution in [2.45, 2.75) is 6.92 Å². The summed E-state index contributed by atoms with van der Waals surface area (Å²) in [6, 6.07) is 6.49. The number of aromatic amines is 1. The van der Waals surface area contributed by atoms with Crippen LogP contribution in [0.3, 0.4) is 0 Å². The van der Waals surface area contributed by atoms with Crippen LogP contribution in [0.15, 0.2) is 24.3 Å². The van der Waals surface area contributed by atoms with E-state index in [1.54, 1.807) is 31.2 Å². The maximum atomic E-state index is 12.0. The normalized spacial score (nSPS) is 9.85. The zero-order valence-electron chi connectivity index (χ0n) is 10.6. The molecule has 2 rings (SSSR count). The van der Waals surface area contributed by atoms with Gasteiger partial charge in [0, 0.05) is 0 Å². The molecule has 9 heteroatoms. The first kappa shape index (κ1) is 13.5. The van der Waals surface area contributed by atoms with Gasteiger partial charge in [-0.3, -0.25) is 15.4 Å². The Kier molecular flexibility index (Phi) is 4.22. The lowest BCUT2D eigenvalue weighted by molar-refractivity contribution is 0.102. The minimum Gasteiger partial charge on any atom is -0.450 e. The molecule has 2 aromatic rings. The quantitative estimate of drug-likeness (QED) is 0.766. The molecule has 20 heavy (non-hydrogen) atoms. The zero-order chi connectivity index (χ0) is 14.4. The third-order valence-corrected chi connectivity index (χ3v) is 2.25. The molecule has 3 N–H and O–H groups in total. The standard InChI is InChI=1S/C11H12N6O3/c1-2-20-11(19)12-8-6-4-3-5-7(8)9(18)13-10-14-16-17-15-10/h3-6H,2H2,1H3,(H,12,19)(H2,13,14,15,16,17,18). The Hall–Kier alpha value is -2.97. The molecule has 1 aromatic heterocycles. The highest BCUT2D eigenvalue weighted by Crippen LogP contribution is 2.16. The molecule has 0 bridgehead atoms. The van der Waals surface area contributed by atoms with Crippen LogP contribution in [0.2, 0.25) is 0 Å². The molecule has 0 fully saturated rings. The van der Waals surface area contributed by atoms with Crippen molar-refractivity contribution in [1.82, 2.24) is 20.6 Å². The number of nitrogens with one attached hydrogen (secondary N) is 3. The van der Waals surface area contributed by atoms with E-state index in [-0.39, 0.29) is 18.1 Å². The highest BCUT2D eigenvalue weighted by molar-refractivity contribution is 6.08. The van der Waals surface area contributed by atoms with Gasteiger partial charge in [0.1, 0.15) is 0 Å². The fourth-order valence-electron chi connectivity index (χ4n) is 1.45. The molecule has 1 heterocycles. The van der Waals surface area contributed by atoms with Crippen LogP contribution < -0.4 is 10.6 Å². The molecule has 0 unspecified atom stereocenters. The molecule has 9 nitrogen and oxygen atoms in total. The Bertz CT molecular complexity index is 598. The monoisotopic (exact) mass is 276 g/mol. The van der Waals surface area contributed by atoms with Crippen molar-refractivity contribution >= 4 is 23.6 Å². The van der Waals surface area contributed by atoms with E-state index < -0.39 is 12.0 Å². The first-order valence-corrected chi connectivity index (χ1v) is 5.78. The van der Waals surface area contributed by atoms with Crippen LogP contribution in [-0.2, 0) is 4.74 Å². The van der Waals surface area contributed by atoms with E-state index in [1.165, 1.54) is 0 Å². The Morgan fingerprint density at radius 3 is 2.80 bits per heavy atom. The number of H-pyrrole nitrogens is 1. The zero-order valence-corrected chi connectivity index (χ0v) is 10.6. The number of benzene rings is 1. The summed E-state index contributed by atoms with van der Waals surface area (Å²) in [6.07, 6.45) is -0.632. The Labute approximate surface area is 113 Å². The number of aromatic nitrogens is 4. The second-order valence-electron chi connectivity index (χ2n) is 3.58. The first-order valence-electron chi connectivity index (χ1n) is 5.78. The van der Waals surface area contributed by atoms with Gasteiger partial charge in [-0.05, 0) is 24.3 Å². The molecule has 0 spiro atoms. The molecule has 0 saturated carbocycles. The maximum Gasteiger partial charge on any atom is 0.411 e. The van der Waals surface area contributed by atoms with Gasteiger partial charge in [-0.2, -0.15) is 5.21 Å². The number of rotatable bonds is 4. The van der Waals surface area contributed by atoms with Crippen molar-refractivity contribution in [3.8, 4) is 0 Å². The van der Waals surface area contributed by atoms with Crippen LogP contribution in [0.4, 0.5) is 16.4 Å². The van der Waals surface area contributed by atoms with Gasteiger partial charge < -0.3 is 4.74 Å². The summed E-state index contributed by atoms with van der Waals surface area (Å²) in [5, 5.41) is 17.7. The van der Waals surface area contributed by atoms with Gasteiger partial charge in [-0.15, -0.1) is 5.10 Å². The molecule has 0 saturated heterocycles. The predicted octanol–water partition coefficient (Wildman–Crippen LogP) is 1.02. The summed E-state index contributed by atoms with van der Waals surface area (Å²) in [5.74, 6) is -0.431. The van der Waals surface area contributed by atoms with Gasteiger partial charge in [0.2, 0.25) is 0 Å². The number of amides is 2. The van der Waals surface area contributed by atoms with Crippen molar-refractivity contribution in [3.05, 3.63) is 29.8 Å². The number of tetrazole rings is 1. The van der Waals surface area contributed by atoms with Crippen LogP contribution in [0.5, 0.6) is 0 Å². The summed E-state index contributed by atoms with van der Waals surface area (Å²) in [6.45, 7) is 1.93. The summed E-state index contributed by atoms with van der Waals surface area (Å²) < 4.78 is 4.76. The molecular weight excluding hydrogens is 264 g/mol. The van der Waals surface area contributed by atoms with Crippen molar-refractivity contribution in [1.29, 1.82) is 0 Å². The van der Waals surface area contributed by atoms with Crippen LogP contribution >= 0.6 is 0 Å². The first-order chi connectivity index (χ1) is 9.70. The number of hydrogen-bond donors (Lipinski definition) is 3. The van der Waals surface area contributed by atoms with E-state index in [9.17, 15) is 9.59 Å². The van der Waals surface area contributed by atoms with Gasteiger partial charge in [0.05, 0.1) is 17.9 Å². The van der Waals surface area contributed by atoms with Crippen molar-refractivity contribution < 1.29 is 14.3 Å². The third-order valence-electron chi connectivity index (χ3n) is 2.25. The lowest BCUT2D eigenvalue weighted by Crippen LogP contribution is -2.19. The fraction of sp³-hybridized carbons (Fsp3) is 0.182. The number of carbonyl (C=O) groups is 2. The lowest BCUT2D eigenvalue weighted by atomic mass is 10.1. The largest absolute Gasteiger partial charge is 0.450 e. The summed E-state index contributed by atoms with van der Waals surface area (Å²) >= 11 is 0. The van der Waals surface area contributed by atoms with E-state index in [1.807, 2.05) is 0 Å². The summed E-state index contributed by atoms with van der Waals surface area (Å²) in [4.78, 5) is 23.4. The van der Waals surface area contributed by atoms with Crippen molar-refractivity contribution in [3.63, 3.8) is 0 Å². The van der Waals surface area contributed by atoms with Crippen LogP contribution in [0.1, 0.15) is 17.3 Å².